The van der Waals surface area contributed by atoms with E-state index in [1.807, 2.05) is 91.7 Å². The predicted octanol–water partition coefficient (Wildman–Crippen LogP) is 5.21. The number of carbonyl (C=O) groups excluding carboxylic acids is 1. The number of amides is 1. The quantitative estimate of drug-likeness (QED) is 0.590. The second-order valence-electron chi connectivity index (χ2n) is 6.33. The third kappa shape index (κ3) is 4.49. The number of hydrogen-bond acceptors (Lipinski definition) is 3. The van der Waals surface area contributed by atoms with Crippen molar-refractivity contribution in [3.8, 4) is 11.5 Å². The number of nitrogens with zero attached hydrogens (tertiary/aromatic N) is 1. The van der Waals surface area contributed by atoms with Crippen molar-refractivity contribution in [2.75, 3.05) is 11.9 Å². The van der Waals surface area contributed by atoms with Crippen LogP contribution in [-0.4, -0.2) is 13.0 Å². The van der Waals surface area contributed by atoms with E-state index >= 15 is 0 Å². The maximum atomic E-state index is 12.2. The number of aryl methyl sites for hydroxylation is 1. The molecule has 0 saturated carbocycles. The van der Waals surface area contributed by atoms with Crippen LogP contribution in [-0.2, 0) is 4.79 Å². The molecule has 3 aromatic rings. The normalized spacial score (nSPS) is 11.7. The summed E-state index contributed by atoms with van der Waals surface area (Å²) in [7, 11) is 1.87. The Balaban J connectivity index is 1.94. The molecular weight excluding hydrogens is 404 g/mol. The third-order valence-electron chi connectivity index (χ3n) is 4.36. The van der Waals surface area contributed by atoms with Crippen LogP contribution in [0, 0.1) is 6.92 Å². The molecule has 0 bridgehead atoms. The Morgan fingerprint density at radius 1 is 1.00 bits per heavy atom. The average Bonchev–Trinajstić information content (AvgIpc) is 2.64. The van der Waals surface area contributed by atoms with Crippen LogP contribution in [0.25, 0.3) is 0 Å². The van der Waals surface area contributed by atoms with Crippen LogP contribution in [0.15, 0.2) is 77.3 Å². The molecule has 1 amide bonds. The first-order chi connectivity index (χ1) is 13.0. The lowest BCUT2D eigenvalue weighted by Gasteiger charge is -2.29. The van der Waals surface area contributed by atoms with E-state index in [1.54, 1.807) is 0 Å². The van der Waals surface area contributed by atoms with Crippen LogP contribution < -0.4 is 15.4 Å². The summed E-state index contributed by atoms with van der Waals surface area (Å²) in [6, 6.07) is 22.4. The number of hydrogen-bond donors (Lipinski definition) is 1. The zero-order chi connectivity index (χ0) is 19.4. The van der Waals surface area contributed by atoms with Crippen LogP contribution >= 0.6 is 15.9 Å². The van der Waals surface area contributed by atoms with Gasteiger partial charge in [0, 0.05) is 23.3 Å². The summed E-state index contributed by atoms with van der Waals surface area (Å²) in [5, 5.41) is 0. The van der Waals surface area contributed by atoms with Gasteiger partial charge < -0.3 is 15.4 Å². The molecule has 138 valence electrons. The predicted molar refractivity (Wildman–Crippen MR) is 112 cm³/mol. The van der Waals surface area contributed by atoms with Crippen molar-refractivity contribution < 1.29 is 9.53 Å². The van der Waals surface area contributed by atoms with Gasteiger partial charge in [0.2, 0.25) is 5.91 Å². The van der Waals surface area contributed by atoms with E-state index in [4.69, 9.17) is 10.5 Å². The van der Waals surface area contributed by atoms with Crippen molar-refractivity contribution in [3.05, 3.63) is 88.4 Å². The van der Waals surface area contributed by atoms with Crippen molar-refractivity contribution in [2.45, 2.75) is 13.0 Å². The van der Waals surface area contributed by atoms with Crippen molar-refractivity contribution in [1.29, 1.82) is 0 Å². The Kier molecular flexibility index (Phi) is 5.81. The minimum atomic E-state index is -0.564. The van der Waals surface area contributed by atoms with Crippen molar-refractivity contribution in [3.63, 3.8) is 0 Å². The Morgan fingerprint density at radius 2 is 1.70 bits per heavy atom. The molecule has 3 rings (SSSR count). The van der Waals surface area contributed by atoms with E-state index in [0.29, 0.717) is 5.75 Å². The number of anilines is 1. The standard InChI is InChI=1S/C22H21BrN2O2/c1-15-11-12-19(27-18-10-6-9-17(23)13-18)14-20(15)25(2)21(22(24)26)16-7-4-3-5-8-16/h3-14,21H,1-2H3,(H2,24,26). The topological polar surface area (TPSA) is 55.6 Å². The van der Waals surface area contributed by atoms with E-state index in [2.05, 4.69) is 15.9 Å². The van der Waals surface area contributed by atoms with E-state index in [1.165, 1.54) is 0 Å². The summed E-state index contributed by atoms with van der Waals surface area (Å²) >= 11 is 3.45. The van der Waals surface area contributed by atoms with E-state index in [0.717, 1.165) is 27.0 Å². The smallest absolute Gasteiger partial charge is 0.244 e. The molecule has 0 aliphatic carbocycles. The lowest BCUT2D eigenvalue weighted by Crippen LogP contribution is -2.35. The molecular formula is C22H21BrN2O2. The van der Waals surface area contributed by atoms with Gasteiger partial charge in [0.1, 0.15) is 17.5 Å². The Morgan fingerprint density at radius 3 is 2.37 bits per heavy atom. The highest BCUT2D eigenvalue weighted by atomic mass is 79.9. The van der Waals surface area contributed by atoms with Crippen LogP contribution in [0.3, 0.4) is 0 Å². The van der Waals surface area contributed by atoms with E-state index < -0.39 is 11.9 Å². The first kappa shape index (κ1) is 19.0. The number of likely N-dealkylation sites (N-methyl/N-ethyl adjacent to an activating group) is 1. The van der Waals surface area contributed by atoms with Gasteiger partial charge >= 0.3 is 0 Å². The van der Waals surface area contributed by atoms with Gasteiger partial charge in [0.05, 0.1) is 0 Å². The molecule has 0 aliphatic rings. The van der Waals surface area contributed by atoms with Gasteiger partial charge in [-0.3, -0.25) is 4.79 Å². The molecule has 1 atom stereocenters. The molecule has 5 heteroatoms. The van der Waals surface area contributed by atoms with Gasteiger partial charge in [-0.05, 0) is 42.3 Å². The van der Waals surface area contributed by atoms with Gasteiger partial charge in [-0.15, -0.1) is 0 Å². The number of ether oxygens (including phenoxy) is 1. The third-order valence-corrected chi connectivity index (χ3v) is 4.86. The molecule has 0 radical (unpaired) electrons. The highest BCUT2D eigenvalue weighted by Gasteiger charge is 2.24. The summed E-state index contributed by atoms with van der Waals surface area (Å²) in [5.41, 5.74) is 8.48. The summed E-state index contributed by atoms with van der Waals surface area (Å²) in [4.78, 5) is 14.1. The monoisotopic (exact) mass is 424 g/mol. The average molecular weight is 425 g/mol. The maximum Gasteiger partial charge on any atom is 0.244 e. The first-order valence-electron chi connectivity index (χ1n) is 8.57. The lowest BCUT2D eigenvalue weighted by atomic mass is 10.0. The molecule has 3 aromatic carbocycles. The van der Waals surface area contributed by atoms with Crippen molar-refractivity contribution in [1.82, 2.24) is 0 Å². The number of rotatable bonds is 6. The molecule has 0 heterocycles. The van der Waals surface area contributed by atoms with Gasteiger partial charge in [0.15, 0.2) is 0 Å². The number of primary amides is 1. The molecule has 0 aromatic heterocycles. The second-order valence-corrected chi connectivity index (χ2v) is 7.25. The van der Waals surface area contributed by atoms with Crippen LogP contribution in [0.2, 0.25) is 0 Å². The van der Waals surface area contributed by atoms with Gasteiger partial charge in [-0.25, -0.2) is 0 Å². The molecule has 0 spiro atoms. The minimum absolute atomic E-state index is 0.401. The molecule has 2 N–H and O–H groups in total. The van der Waals surface area contributed by atoms with Crippen molar-refractivity contribution in [2.24, 2.45) is 5.73 Å². The highest BCUT2D eigenvalue weighted by molar-refractivity contribution is 9.10. The number of benzene rings is 3. The molecule has 0 saturated heterocycles. The van der Waals surface area contributed by atoms with Gasteiger partial charge in [0.25, 0.3) is 0 Å². The highest BCUT2D eigenvalue weighted by Crippen LogP contribution is 2.33. The van der Waals surface area contributed by atoms with Gasteiger partial charge in [-0.1, -0.05) is 58.4 Å². The molecule has 0 fully saturated rings. The largest absolute Gasteiger partial charge is 0.457 e. The van der Waals surface area contributed by atoms with Crippen LogP contribution in [0.4, 0.5) is 5.69 Å². The summed E-state index contributed by atoms with van der Waals surface area (Å²) in [6.45, 7) is 2.00. The fraction of sp³-hybridized carbons (Fsp3) is 0.136. The van der Waals surface area contributed by atoms with E-state index in [9.17, 15) is 4.79 Å². The lowest BCUT2D eigenvalue weighted by molar-refractivity contribution is -0.119. The number of carbonyl (C=O) groups is 1. The number of nitrogens with two attached hydrogens (primary N) is 1. The summed E-state index contributed by atoms with van der Waals surface area (Å²) < 4.78 is 6.92. The molecule has 0 aliphatic heterocycles. The molecule has 4 nitrogen and oxygen atoms in total. The zero-order valence-electron chi connectivity index (χ0n) is 15.2. The van der Waals surface area contributed by atoms with Gasteiger partial charge in [-0.2, -0.15) is 0 Å². The number of halogens is 1. The molecule has 1 unspecified atom stereocenters. The Labute approximate surface area is 167 Å². The fourth-order valence-electron chi connectivity index (χ4n) is 3.05. The maximum absolute atomic E-state index is 12.2. The fourth-order valence-corrected chi connectivity index (χ4v) is 3.43. The van der Waals surface area contributed by atoms with Crippen LogP contribution in [0.1, 0.15) is 17.2 Å². The van der Waals surface area contributed by atoms with E-state index in [-0.39, 0.29) is 0 Å². The second kappa shape index (κ2) is 8.27. The summed E-state index contributed by atoms with van der Waals surface area (Å²) in [6.07, 6.45) is 0. The van der Waals surface area contributed by atoms with Crippen molar-refractivity contribution >= 4 is 27.5 Å². The minimum Gasteiger partial charge on any atom is -0.457 e. The summed E-state index contributed by atoms with van der Waals surface area (Å²) in [5.74, 6) is 1.02. The molecule has 27 heavy (non-hydrogen) atoms. The SMILES string of the molecule is Cc1ccc(Oc2cccc(Br)c2)cc1N(C)C(C(N)=O)c1ccccc1. The Bertz CT molecular complexity index is 944. The zero-order valence-corrected chi connectivity index (χ0v) is 16.8. The van der Waals surface area contributed by atoms with Crippen LogP contribution in [0.5, 0.6) is 11.5 Å². The Hall–Kier alpha value is -2.79. The first-order valence-corrected chi connectivity index (χ1v) is 9.36.